The molecule has 19 heavy (non-hydrogen) atoms. The van der Waals surface area contributed by atoms with E-state index in [4.69, 9.17) is 10.5 Å². The molecule has 3 N–H and O–H groups in total. The van der Waals surface area contributed by atoms with Crippen molar-refractivity contribution in [1.29, 1.82) is 0 Å². The average molecular weight is 276 g/mol. The van der Waals surface area contributed by atoms with Crippen molar-refractivity contribution in [2.24, 2.45) is 0 Å². The van der Waals surface area contributed by atoms with E-state index in [9.17, 15) is 4.79 Å². The van der Waals surface area contributed by atoms with E-state index >= 15 is 0 Å². The summed E-state index contributed by atoms with van der Waals surface area (Å²) in [7, 11) is 1.55. The molecule has 0 bridgehead atoms. The Bertz CT molecular complexity index is 593. The predicted molar refractivity (Wildman–Crippen MR) is 79.1 cm³/mol. The van der Waals surface area contributed by atoms with Crippen molar-refractivity contribution in [2.75, 3.05) is 18.2 Å². The molecule has 2 aromatic rings. The van der Waals surface area contributed by atoms with Crippen molar-refractivity contribution in [3.8, 4) is 5.75 Å². The van der Waals surface area contributed by atoms with Crippen molar-refractivity contribution in [1.82, 2.24) is 0 Å². The maximum atomic E-state index is 12.1. The molecule has 2 rings (SSSR count). The van der Waals surface area contributed by atoms with Crippen LogP contribution in [0.3, 0.4) is 0 Å². The van der Waals surface area contributed by atoms with Gasteiger partial charge in [0.25, 0.3) is 5.91 Å². The zero-order valence-electron chi connectivity index (χ0n) is 10.9. The number of benzene rings is 1. The molecule has 1 aromatic carbocycles. The lowest BCUT2D eigenvalue weighted by atomic mass is 10.2. The van der Waals surface area contributed by atoms with Gasteiger partial charge in [0.15, 0.2) is 0 Å². The van der Waals surface area contributed by atoms with Crippen molar-refractivity contribution in [3.63, 3.8) is 0 Å². The summed E-state index contributed by atoms with van der Waals surface area (Å²) in [4.78, 5) is 14.0. The minimum atomic E-state index is -0.132. The molecule has 0 unspecified atom stereocenters. The Balaban J connectivity index is 2.18. The lowest BCUT2D eigenvalue weighted by molar-refractivity contribution is 0.103. The number of ether oxygens (including phenoxy) is 1. The average Bonchev–Trinajstić information content (AvgIpc) is 2.89. The van der Waals surface area contributed by atoms with Gasteiger partial charge in [-0.1, -0.05) is 6.92 Å². The number of hydrogen-bond acceptors (Lipinski definition) is 4. The predicted octanol–water partition coefficient (Wildman–Crippen LogP) is 3.15. The number of carbonyl (C=O) groups excluding carboxylic acids is 1. The zero-order chi connectivity index (χ0) is 13.8. The van der Waals surface area contributed by atoms with Gasteiger partial charge in [-0.05, 0) is 30.7 Å². The first-order valence-corrected chi connectivity index (χ1v) is 6.79. The Hall–Kier alpha value is -2.01. The van der Waals surface area contributed by atoms with Gasteiger partial charge in [-0.3, -0.25) is 4.79 Å². The van der Waals surface area contributed by atoms with E-state index in [0.717, 1.165) is 6.42 Å². The van der Waals surface area contributed by atoms with Crippen LogP contribution in [0.1, 0.15) is 21.5 Å². The third kappa shape index (κ3) is 3.06. The monoisotopic (exact) mass is 276 g/mol. The molecule has 0 aliphatic rings. The number of carbonyl (C=O) groups is 1. The lowest BCUT2D eigenvalue weighted by Crippen LogP contribution is -2.11. The second-order valence-electron chi connectivity index (χ2n) is 4.03. The fourth-order valence-electron chi connectivity index (χ4n) is 1.68. The number of methoxy groups -OCH3 is 1. The second kappa shape index (κ2) is 5.75. The van der Waals surface area contributed by atoms with E-state index in [1.54, 1.807) is 25.3 Å². The van der Waals surface area contributed by atoms with Gasteiger partial charge in [0.05, 0.1) is 17.7 Å². The van der Waals surface area contributed by atoms with Crippen molar-refractivity contribution < 1.29 is 9.53 Å². The maximum absolute atomic E-state index is 12.1. The summed E-state index contributed by atoms with van der Waals surface area (Å²) in [6, 6.07) is 8.95. The van der Waals surface area contributed by atoms with Crippen LogP contribution in [0.2, 0.25) is 0 Å². The molecule has 5 heteroatoms. The van der Waals surface area contributed by atoms with Crippen molar-refractivity contribution >= 4 is 28.6 Å². The van der Waals surface area contributed by atoms with Crippen LogP contribution in [0.4, 0.5) is 11.4 Å². The molecular formula is C14H16N2O2S. The minimum absolute atomic E-state index is 0.132. The second-order valence-corrected chi connectivity index (χ2v) is 5.20. The molecule has 1 amide bonds. The minimum Gasteiger partial charge on any atom is -0.494 e. The van der Waals surface area contributed by atoms with E-state index in [2.05, 4.69) is 12.2 Å². The largest absolute Gasteiger partial charge is 0.494 e. The molecule has 1 aromatic heterocycles. The van der Waals surface area contributed by atoms with Gasteiger partial charge in [-0.25, -0.2) is 0 Å². The van der Waals surface area contributed by atoms with E-state index in [1.807, 2.05) is 12.1 Å². The smallest absolute Gasteiger partial charge is 0.265 e. The molecule has 0 aliphatic heterocycles. The Kier molecular flexibility index (Phi) is 4.06. The molecule has 0 spiro atoms. The third-order valence-electron chi connectivity index (χ3n) is 2.71. The zero-order valence-corrected chi connectivity index (χ0v) is 11.7. The number of amides is 1. The fourth-order valence-corrected chi connectivity index (χ4v) is 2.53. The quantitative estimate of drug-likeness (QED) is 0.843. The van der Waals surface area contributed by atoms with Gasteiger partial charge in [-0.2, -0.15) is 0 Å². The van der Waals surface area contributed by atoms with Crippen LogP contribution in [0.25, 0.3) is 0 Å². The molecule has 1 heterocycles. The van der Waals surface area contributed by atoms with Gasteiger partial charge in [0, 0.05) is 16.6 Å². The van der Waals surface area contributed by atoms with Gasteiger partial charge >= 0.3 is 0 Å². The third-order valence-corrected chi connectivity index (χ3v) is 3.94. The number of nitrogens with one attached hydrogen (secondary N) is 1. The molecule has 0 fully saturated rings. The van der Waals surface area contributed by atoms with Gasteiger partial charge in [-0.15, -0.1) is 11.3 Å². The molecule has 0 aliphatic carbocycles. The molecule has 0 atom stereocenters. The Morgan fingerprint density at radius 3 is 2.79 bits per heavy atom. The summed E-state index contributed by atoms with van der Waals surface area (Å²) in [5, 5.41) is 2.83. The summed E-state index contributed by atoms with van der Waals surface area (Å²) in [6.45, 7) is 2.07. The lowest BCUT2D eigenvalue weighted by Gasteiger charge is -2.10. The number of thiophene rings is 1. The Morgan fingerprint density at radius 2 is 2.16 bits per heavy atom. The maximum Gasteiger partial charge on any atom is 0.265 e. The Labute approximate surface area is 116 Å². The van der Waals surface area contributed by atoms with Crippen LogP contribution in [-0.2, 0) is 6.42 Å². The van der Waals surface area contributed by atoms with Crippen LogP contribution in [0.15, 0.2) is 30.3 Å². The van der Waals surface area contributed by atoms with Crippen molar-refractivity contribution in [3.05, 3.63) is 40.1 Å². The molecule has 4 nitrogen and oxygen atoms in total. The normalized spacial score (nSPS) is 10.2. The van der Waals surface area contributed by atoms with E-state index in [0.29, 0.717) is 22.0 Å². The highest BCUT2D eigenvalue weighted by Gasteiger charge is 2.12. The summed E-state index contributed by atoms with van der Waals surface area (Å²) in [5.74, 6) is 0.424. The van der Waals surface area contributed by atoms with Crippen LogP contribution < -0.4 is 15.8 Å². The summed E-state index contributed by atoms with van der Waals surface area (Å²) in [5.41, 5.74) is 6.89. The Morgan fingerprint density at radius 1 is 1.37 bits per heavy atom. The van der Waals surface area contributed by atoms with Crippen LogP contribution in [-0.4, -0.2) is 13.0 Å². The van der Waals surface area contributed by atoms with Crippen molar-refractivity contribution in [2.45, 2.75) is 13.3 Å². The highest BCUT2D eigenvalue weighted by molar-refractivity contribution is 7.14. The molecule has 0 saturated heterocycles. The first-order valence-electron chi connectivity index (χ1n) is 5.97. The molecular weight excluding hydrogens is 260 g/mol. The molecule has 0 radical (unpaired) electrons. The van der Waals surface area contributed by atoms with E-state index in [-0.39, 0.29) is 5.91 Å². The summed E-state index contributed by atoms with van der Waals surface area (Å²) >= 11 is 1.50. The molecule has 0 saturated carbocycles. The van der Waals surface area contributed by atoms with Gasteiger partial charge in [0.1, 0.15) is 5.75 Å². The first kappa shape index (κ1) is 13.4. The van der Waals surface area contributed by atoms with Crippen LogP contribution >= 0.6 is 11.3 Å². The highest BCUT2D eigenvalue weighted by Crippen LogP contribution is 2.27. The number of nitrogen functional groups attached to an aromatic ring is 1. The van der Waals surface area contributed by atoms with Gasteiger partial charge in [0.2, 0.25) is 0 Å². The van der Waals surface area contributed by atoms with Crippen LogP contribution in [0, 0.1) is 0 Å². The van der Waals surface area contributed by atoms with Gasteiger partial charge < -0.3 is 15.8 Å². The number of hydrogen-bond donors (Lipinski definition) is 2. The number of anilines is 2. The highest BCUT2D eigenvalue weighted by atomic mass is 32.1. The number of rotatable bonds is 4. The van der Waals surface area contributed by atoms with E-state index in [1.165, 1.54) is 16.2 Å². The van der Waals surface area contributed by atoms with E-state index < -0.39 is 0 Å². The summed E-state index contributed by atoms with van der Waals surface area (Å²) < 4.78 is 5.20. The topological polar surface area (TPSA) is 64.4 Å². The van der Waals surface area contributed by atoms with Crippen LogP contribution in [0.5, 0.6) is 5.75 Å². The standard InChI is InChI=1S/C14H16N2O2S/c1-3-10-5-7-13(19-10)14(17)16-11-6-4-9(15)8-12(11)18-2/h4-8H,3,15H2,1-2H3,(H,16,17). The number of aryl methyl sites for hydroxylation is 1. The molecule has 100 valence electrons. The number of nitrogens with two attached hydrogens (primary N) is 1. The SMILES string of the molecule is CCc1ccc(C(=O)Nc2ccc(N)cc2OC)s1. The fraction of sp³-hybridized carbons (Fsp3) is 0.214. The first-order chi connectivity index (χ1) is 9.13. The summed E-state index contributed by atoms with van der Waals surface area (Å²) in [6.07, 6.45) is 0.934.